The summed E-state index contributed by atoms with van der Waals surface area (Å²) in [5.74, 6) is -0.231. The topological polar surface area (TPSA) is 93.5 Å². The van der Waals surface area contributed by atoms with E-state index in [4.69, 9.17) is 4.74 Å². The lowest BCUT2D eigenvalue weighted by atomic mass is 9.99. The van der Waals surface area contributed by atoms with E-state index in [9.17, 15) is 13.2 Å². The number of benzene rings is 2. The number of rotatable bonds is 8. The average molecular weight is 483 g/mol. The van der Waals surface area contributed by atoms with Crippen LogP contribution in [0.4, 0.5) is 0 Å². The highest BCUT2D eigenvalue weighted by Crippen LogP contribution is 2.24. The number of aryl methyl sites for hydroxylation is 1. The van der Waals surface area contributed by atoms with Crippen molar-refractivity contribution in [3.8, 4) is 0 Å². The summed E-state index contributed by atoms with van der Waals surface area (Å²) >= 11 is 0. The van der Waals surface area contributed by atoms with E-state index in [1.807, 2.05) is 60.7 Å². The first-order valence-electron chi connectivity index (χ1n) is 11.4. The van der Waals surface area contributed by atoms with Crippen molar-refractivity contribution < 1.29 is 17.9 Å². The molecule has 180 valence electrons. The van der Waals surface area contributed by atoms with E-state index >= 15 is 0 Å². The standard InChI is InChI=1S/C25H30N4O4S/c1-19-25(34(31,32)28-13-15-33-16-14-28)20(2)29(27-19)18-24(30)26-23(22-11-7-4-8-12-22)17-21-9-5-3-6-10-21/h3-12,23H,13-18H2,1-2H3,(H,26,30)/t23-/m0/s1. The van der Waals surface area contributed by atoms with E-state index < -0.39 is 10.0 Å². The second-order valence-corrected chi connectivity index (χ2v) is 10.3. The number of morpholine rings is 1. The van der Waals surface area contributed by atoms with Crippen molar-refractivity contribution in [2.45, 2.75) is 37.8 Å². The number of aromatic nitrogens is 2. The predicted octanol–water partition coefficient (Wildman–Crippen LogP) is 2.62. The quantitative estimate of drug-likeness (QED) is 0.533. The van der Waals surface area contributed by atoms with Crippen LogP contribution in [0, 0.1) is 13.8 Å². The fraction of sp³-hybridized carbons (Fsp3) is 0.360. The summed E-state index contributed by atoms with van der Waals surface area (Å²) in [7, 11) is -3.71. The smallest absolute Gasteiger partial charge is 0.246 e. The van der Waals surface area contributed by atoms with Gasteiger partial charge in [-0.3, -0.25) is 9.48 Å². The Balaban J connectivity index is 1.53. The third-order valence-corrected chi connectivity index (χ3v) is 8.15. The number of ether oxygens (including phenoxy) is 1. The van der Waals surface area contributed by atoms with Crippen molar-refractivity contribution in [1.82, 2.24) is 19.4 Å². The van der Waals surface area contributed by atoms with Gasteiger partial charge in [0.25, 0.3) is 0 Å². The van der Waals surface area contributed by atoms with E-state index in [-0.39, 0.29) is 23.4 Å². The van der Waals surface area contributed by atoms with Crippen molar-refractivity contribution in [3.63, 3.8) is 0 Å². The fourth-order valence-corrected chi connectivity index (χ4v) is 6.07. The molecule has 0 spiro atoms. The SMILES string of the molecule is Cc1nn(CC(=O)N[C@@H](Cc2ccccc2)c2ccccc2)c(C)c1S(=O)(=O)N1CCOCC1. The number of hydrogen-bond donors (Lipinski definition) is 1. The number of hydrogen-bond acceptors (Lipinski definition) is 5. The summed E-state index contributed by atoms with van der Waals surface area (Å²) < 4.78 is 34.6. The molecule has 34 heavy (non-hydrogen) atoms. The highest BCUT2D eigenvalue weighted by molar-refractivity contribution is 7.89. The number of nitrogens with one attached hydrogen (secondary N) is 1. The van der Waals surface area contributed by atoms with Gasteiger partial charge in [0.1, 0.15) is 11.4 Å². The Hall–Kier alpha value is -3.01. The van der Waals surface area contributed by atoms with Gasteiger partial charge in [-0.1, -0.05) is 60.7 Å². The highest BCUT2D eigenvalue weighted by atomic mass is 32.2. The van der Waals surface area contributed by atoms with Gasteiger partial charge in [-0.25, -0.2) is 8.42 Å². The van der Waals surface area contributed by atoms with E-state index in [1.54, 1.807) is 13.8 Å². The molecule has 3 aromatic rings. The summed E-state index contributed by atoms with van der Waals surface area (Å²) in [5, 5.41) is 7.51. The van der Waals surface area contributed by atoms with Gasteiger partial charge in [-0.15, -0.1) is 0 Å². The lowest BCUT2D eigenvalue weighted by molar-refractivity contribution is -0.122. The summed E-state index contributed by atoms with van der Waals surface area (Å²) in [6.07, 6.45) is 0.643. The summed E-state index contributed by atoms with van der Waals surface area (Å²) in [5.41, 5.74) is 2.96. The van der Waals surface area contributed by atoms with Gasteiger partial charge < -0.3 is 10.1 Å². The van der Waals surface area contributed by atoms with Gasteiger partial charge >= 0.3 is 0 Å². The summed E-state index contributed by atoms with van der Waals surface area (Å²) in [6, 6.07) is 19.6. The third-order valence-electron chi connectivity index (χ3n) is 6.00. The molecular weight excluding hydrogens is 452 g/mol. The third kappa shape index (κ3) is 5.38. The molecule has 1 aliphatic heterocycles. The molecule has 1 saturated heterocycles. The second kappa shape index (κ2) is 10.5. The van der Waals surface area contributed by atoms with Crippen LogP contribution in [0.5, 0.6) is 0 Å². The molecule has 1 N–H and O–H groups in total. The van der Waals surface area contributed by atoms with Gasteiger partial charge in [0.2, 0.25) is 15.9 Å². The van der Waals surface area contributed by atoms with Crippen LogP contribution in [-0.2, 0) is 32.5 Å². The van der Waals surface area contributed by atoms with Crippen LogP contribution in [0.25, 0.3) is 0 Å². The molecule has 1 aliphatic rings. The first-order chi connectivity index (χ1) is 16.4. The maximum atomic E-state index is 13.2. The monoisotopic (exact) mass is 482 g/mol. The maximum Gasteiger partial charge on any atom is 0.246 e. The largest absolute Gasteiger partial charge is 0.379 e. The Morgan fingerprint density at radius 3 is 2.29 bits per heavy atom. The lowest BCUT2D eigenvalue weighted by Gasteiger charge is -2.26. The predicted molar refractivity (Wildman–Crippen MR) is 129 cm³/mol. The van der Waals surface area contributed by atoms with Crippen molar-refractivity contribution in [2.75, 3.05) is 26.3 Å². The van der Waals surface area contributed by atoms with E-state index in [0.29, 0.717) is 44.1 Å². The zero-order valence-corrected chi connectivity index (χ0v) is 20.3. The molecule has 0 unspecified atom stereocenters. The van der Waals surface area contributed by atoms with Crippen LogP contribution in [-0.4, -0.2) is 54.7 Å². The summed E-state index contributed by atoms with van der Waals surface area (Å²) in [4.78, 5) is 13.2. The minimum Gasteiger partial charge on any atom is -0.379 e. The Bertz CT molecular complexity index is 1220. The molecule has 1 atom stereocenters. The fourth-order valence-electron chi connectivity index (χ4n) is 4.29. The Labute approximate surface area is 200 Å². The number of nitrogens with zero attached hydrogens (tertiary/aromatic N) is 3. The molecular formula is C25H30N4O4S. The molecule has 8 nitrogen and oxygen atoms in total. The molecule has 0 aliphatic carbocycles. The molecule has 0 saturated carbocycles. The van der Waals surface area contributed by atoms with Crippen molar-refractivity contribution in [2.24, 2.45) is 0 Å². The number of carbonyl (C=O) groups is 1. The molecule has 2 heterocycles. The van der Waals surface area contributed by atoms with Crippen LogP contribution >= 0.6 is 0 Å². The van der Waals surface area contributed by atoms with Crippen LogP contribution in [0.1, 0.15) is 28.6 Å². The van der Waals surface area contributed by atoms with E-state index in [1.165, 1.54) is 8.99 Å². The normalized spacial score (nSPS) is 15.7. The minimum absolute atomic E-state index is 0.0660. The van der Waals surface area contributed by atoms with Gasteiger partial charge in [-0.2, -0.15) is 9.40 Å². The number of carbonyl (C=O) groups excluding carboxylic acids is 1. The van der Waals surface area contributed by atoms with E-state index in [0.717, 1.165) is 11.1 Å². The second-order valence-electron chi connectivity index (χ2n) is 8.39. The zero-order chi connectivity index (χ0) is 24.1. The van der Waals surface area contributed by atoms with Crippen LogP contribution in [0.3, 0.4) is 0 Å². The van der Waals surface area contributed by atoms with Gasteiger partial charge in [0.15, 0.2) is 0 Å². The maximum absolute atomic E-state index is 13.2. The molecule has 0 bridgehead atoms. The number of amides is 1. The van der Waals surface area contributed by atoms with E-state index in [2.05, 4.69) is 10.4 Å². The first-order valence-corrected chi connectivity index (χ1v) is 12.8. The van der Waals surface area contributed by atoms with Crippen molar-refractivity contribution in [1.29, 1.82) is 0 Å². The lowest BCUT2D eigenvalue weighted by Crippen LogP contribution is -2.41. The molecule has 2 aromatic carbocycles. The van der Waals surface area contributed by atoms with Crippen molar-refractivity contribution >= 4 is 15.9 Å². The highest BCUT2D eigenvalue weighted by Gasteiger charge is 2.32. The minimum atomic E-state index is -3.71. The van der Waals surface area contributed by atoms with Crippen LogP contribution in [0.2, 0.25) is 0 Å². The Morgan fingerprint density at radius 2 is 1.65 bits per heavy atom. The molecule has 9 heteroatoms. The molecule has 0 radical (unpaired) electrons. The first kappa shape index (κ1) is 24.1. The average Bonchev–Trinajstić information content (AvgIpc) is 3.13. The Morgan fingerprint density at radius 1 is 1.03 bits per heavy atom. The summed E-state index contributed by atoms with van der Waals surface area (Å²) in [6.45, 7) is 4.65. The zero-order valence-electron chi connectivity index (χ0n) is 19.5. The molecule has 1 amide bonds. The van der Waals surface area contributed by atoms with Crippen molar-refractivity contribution in [3.05, 3.63) is 83.2 Å². The van der Waals surface area contributed by atoms with Gasteiger partial charge in [-0.05, 0) is 31.4 Å². The Kier molecular flexibility index (Phi) is 7.45. The molecule has 4 rings (SSSR count). The number of sulfonamides is 1. The van der Waals surface area contributed by atoms with Crippen LogP contribution < -0.4 is 5.32 Å². The molecule has 1 aromatic heterocycles. The van der Waals surface area contributed by atoms with Gasteiger partial charge in [0, 0.05) is 13.1 Å². The van der Waals surface area contributed by atoms with Gasteiger partial charge in [0.05, 0.1) is 30.6 Å². The molecule has 1 fully saturated rings. The van der Waals surface area contributed by atoms with Crippen LogP contribution in [0.15, 0.2) is 65.6 Å².